The molecule has 14 heteroatoms. The predicted octanol–water partition coefficient (Wildman–Crippen LogP) is 3.40. The molecule has 0 spiro atoms. The molecule has 0 fully saturated rings. The van der Waals surface area contributed by atoms with E-state index in [1.54, 1.807) is 25.6 Å². The SMILES string of the molecule is CCOc1c(C(=O)Oc2c(C(=O)c3ccc(S(C)(=O)=O)c(Cn4nc(C)cc4C)c3Cl)cnn2CC)cnn1C. The van der Waals surface area contributed by atoms with Gasteiger partial charge in [-0.3, -0.25) is 9.48 Å². The number of ketones is 1. The van der Waals surface area contributed by atoms with E-state index < -0.39 is 21.6 Å². The number of benzene rings is 1. The van der Waals surface area contributed by atoms with Gasteiger partial charge < -0.3 is 9.47 Å². The number of carbonyl (C=O) groups is 2. The Kier molecular flexibility index (Phi) is 8.17. The van der Waals surface area contributed by atoms with Gasteiger partial charge in [-0.1, -0.05) is 11.6 Å². The molecule has 0 aliphatic heterocycles. The summed E-state index contributed by atoms with van der Waals surface area (Å²) in [5, 5.41) is 12.6. The first kappa shape index (κ1) is 29.0. The van der Waals surface area contributed by atoms with Crippen molar-refractivity contribution in [2.45, 2.75) is 45.7 Å². The number of esters is 1. The van der Waals surface area contributed by atoms with E-state index in [1.807, 2.05) is 19.9 Å². The Bertz CT molecular complexity index is 1720. The van der Waals surface area contributed by atoms with E-state index in [2.05, 4.69) is 15.3 Å². The van der Waals surface area contributed by atoms with E-state index in [9.17, 15) is 18.0 Å². The number of ether oxygens (including phenoxy) is 2. The topological polar surface area (TPSA) is 140 Å². The molecule has 1 aromatic carbocycles. The maximum absolute atomic E-state index is 13.8. The van der Waals surface area contributed by atoms with Gasteiger partial charge in [-0.15, -0.1) is 0 Å². The lowest BCUT2D eigenvalue weighted by Crippen LogP contribution is -2.16. The largest absolute Gasteiger partial charge is 0.478 e. The first-order chi connectivity index (χ1) is 18.9. The number of nitrogens with zero attached hydrogens (tertiary/aromatic N) is 6. The number of aromatic nitrogens is 6. The molecule has 12 nitrogen and oxygen atoms in total. The molecule has 3 heterocycles. The summed E-state index contributed by atoms with van der Waals surface area (Å²) in [5.74, 6) is -1.26. The molecule has 0 N–H and O–H groups in total. The van der Waals surface area contributed by atoms with Crippen LogP contribution >= 0.6 is 11.6 Å². The zero-order chi connectivity index (χ0) is 29.4. The average Bonchev–Trinajstić information content (AvgIpc) is 3.55. The average molecular weight is 589 g/mol. The summed E-state index contributed by atoms with van der Waals surface area (Å²) < 4.78 is 40.8. The van der Waals surface area contributed by atoms with Crippen molar-refractivity contribution in [1.82, 2.24) is 29.3 Å². The summed E-state index contributed by atoms with van der Waals surface area (Å²) in [4.78, 5) is 26.9. The smallest absolute Gasteiger partial charge is 0.352 e. The van der Waals surface area contributed by atoms with Gasteiger partial charge in [0.1, 0.15) is 11.1 Å². The third kappa shape index (κ3) is 5.52. The fraction of sp³-hybridized carbons (Fsp3) is 0.346. The van der Waals surface area contributed by atoms with E-state index >= 15 is 0 Å². The van der Waals surface area contributed by atoms with Crippen LogP contribution in [0.4, 0.5) is 0 Å². The van der Waals surface area contributed by atoms with Crippen LogP contribution < -0.4 is 9.47 Å². The molecule has 0 unspecified atom stereocenters. The molecular weight excluding hydrogens is 560 g/mol. The highest BCUT2D eigenvalue weighted by Gasteiger charge is 2.29. The second-order valence-electron chi connectivity index (χ2n) is 9.08. The number of hydrogen-bond acceptors (Lipinski definition) is 9. The molecular formula is C26H29ClN6O6S. The normalized spacial score (nSPS) is 11.6. The first-order valence-corrected chi connectivity index (χ1v) is 14.6. The third-order valence-corrected chi connectivity index (χ3v) is 7.78. The molecule has 0 radical (unpaired) electrons. The Morgan fingerprint density at radius 1 is 1.00 bits per heavy atom. The van der Waals surface area contributed by atoms with E-state index in [0.29, 0.717) is 13.2 Å². The lowest BCUT2D eigenvalue weighted by atomic mass is 10.0. The molecule has 0 aliphatic rings. The number of aryl methyl sites for hydroxylation is 4. The Balaban J connectivity index is 1.77. The van der Waals surface area contributed by atoms with Crippen LogP contribution in [0.15, 0.2) is 35.5 Å². The summed E-state index contributed by atoms with van der Waals surface area (Å²) >= 11 is 6.74. The van der Waals surface area contributed by atoms with Crippen molar-refractivity contribution < 1.29 is 27.5 Å². The minimum absolute atomic E-state index is 0.0162. The van der Waals surface area contributed by atoms with Crippen LogP contribution in [0.3, 0.4) is 0 Å². The first-order valence-electron chi connectivity index (χ1n) is 12.4. The molecule has 3 aromatic heterocycles. The van der Waals surface area contributed by atoms with Gasteiger partial charge in [0.2, 0.25) is 17.5 Å². The minimum Gasteiger partial charge on any atom is -0.478 e. The van der Waals surface area contributed by atoms with E-state index in [-0.39, 0.29) is 50.5 Å². The monoisotopic (exact) mass is 588 g/mol. The lowest BCUT2D eigenvalue weighted by molar-refractivity contribution is 0.0711. The van der Waals surface area contributed by atoms with Crippen molar-refractivity contribution in [3.8, 4) is 11.8 Å². The number of sulfone groups is 1. The quantitative estimate of drug-likeness (QED) is 0.201. The molecule has 0 bridgehead atoms. The maximum atomic E-state index is 13.8. The summed E-state index contributed by atoms with van der Waals surface area (Å²) in [6.07, 6.45) is 3.67. The molecule has 4 aromatic rings. The van der Waals surface area contributed by atoms with Gasteiger partial charge in [-0.2, -0.15) is 15.3 Å². The van der Waals surface area contributed by atoms with Crippen LogP contribution in [0.5, 0.6) is 11.8 Å². The van der Waals surface area contributed by atoms with E-state index in [1.165, 1.54) is 33.9 Å². The van der Waals surface area contributed by atoms with Crippen LogP contribution in [-0.4, -0.2) is 62.4 Å². The van der Waals surface area contributed by atoms with Gasteiger partial charge in [0.05, 0.1) is 41.2 Å². The highest BCUT2D eigenvalue weighted by molar-refractivity contribution is 7.90. The Morgan fingerprint density at radius 2 is 1.70 bits per heavy atom. The second-order valence-corrected chi connectivity index (χ2v) is 11.4. The number of carbonyl (C=O) groups excluding carboxylic acids is 2. The summed E-state index contributed by atoms with van der Waals surface area (Å²) in [6, 6.07) is 4.53. The van der Waals surface area contributed by atoms with Crippen molar-refractivity contribution >= 4 is 33.2 Å². The predicted molar refractivity (Wildman–Crippen MR) is 146 cm³/mol. The van der Waals surface area contributed by atoms with Gasteiger partial charge in [-0.05, 0) is 45.9 Å². The summed E-state index contributed by atoms with van der Waals surface area (Å²) in [7, 11) is -2.07. The summed E-state index contributed by atoms with van der Waals surface area (Å²) in [6.45, 7) is 7.83. The molecule has 4 rings (SSSR count). The zero-order valence-electron chi connectivity index (χ0n) is 22.9. The standard InChI is InChI=1S/C26H29ClN6O6S/c1-7-32-25(39-26(35)19-13-28-31(5)24(19)38-8-2)18(12-29-32)23(34)17-9-10-21(40(6,36)37)20(22(17)27)14-33-16(4)11-15(3)30-33/h9-13H,7-8,14H2,1-6H3. The molecule has 212 valence electrons. The number of halogens is 1. The van der Waals surface area contributed by atoms with E-state index in [4.69, 9.17) is 21.1 Å². The lowest BCUT2D eigenvalue weighted by Gasteiger charge is -2.15. The van der Waals surface area contributed by atoms with E-state index in [0.717, 1.165) is 17.6 Å². The maximum Gasteiger partial charge on any atom is 0.352 e. The Labute approximate surface area is 236 Å². The van der Waals surface area contributed by atoms with Gasteiger partial charge in [0.25, 0.3) is 0 Å². The molecule has 40 heavy (non-hydrogen) atoms. The fourth-order valence-corrected chi connectivity index (χ4v) is 5.58. The third-order valence-electron chi connectivity index (χ3n) is 6.17. The van der Waals surface area contributed by atoms with Gasteiger partial charge >= 0.3 is 5.97 Å². The van der Waals surface area contributed by atoms with Crippen molar-refractivity contribution in [3.05, 3.63) is 69.3 Å². The van der Waals surface area contributed by atoms with Crippen molar-refractivity contribution in [2.75, 3.05) is 12.9 Å². The van der Waals surface area contributed by atoms with Crippen LogP contribution in [0.2, 0.25) is 5.02 Å². The second kappa shape index (κ2) is 11.3. The number of hydrogen-bond donors (Lipinski definition) is 0. The molecule has 0 saturated heterocycles. The molecule has 0 saturated carbocycles. The number of rotatable bonds is 10. The summed E-state index contributed by atoms with van der Waals surface area (Å²) in [5.41, 5.74) is 1.85. The van der Waals surface area contributed by atoms with Crippen molar-refractivity contribution in [1.29, 1.82) is 0 Å². The molecule has 0 atom stereocenters. The van der Waals surface area contributed by atoms with Crippen LogP contribution in [0.25, 0.3) is 0 Å². The zero-order valence-corrected chi connectivity index (χ0v) is 24.5. The van der Waals surface area contributed by atoms with Crippen molar-refractivity contribution in [2.24, 2.45) is 7.05 Å². The van der Waals surface area contributed by atoms with Crippen LogP contribution in [0.1, 0.15) is 57.1 Å². The van der Waals surface area contributed by atoms with Gasteiger partial charge in [0.15, 0.2) is 9.84 Å². The highest BCUT2D eigenvalue weighted by atomic mass is 35.5. The molecule has 0 aliphatic carbocycles. The van der Waals surface area contributed by atoms with Crippen molar-refractivity contribution in [3.63, 3.8) is 0 Å². The minimum atomic E-state index is -3.69. The highest BCUT2D eigenvalue weighted by Crippen LogP contribution is 2.33. The van der Waals surface area contributed by atoms with Gasteiger partial charge in [-0.25, -0.2) is 22.6 Å². The fourth-order valence-electron chi connectivity index (χ4n) is 4.28. The van der Waals surface area contributed by atoms with Gasteiger partial charge in [0, 0.05) is 36.7 Å². The Morgan fingerprint density at radius 3 is 2.30 bits per heavy atom. The molecule has 0 amide bonds. The van der Waals surface area contributed by atoms with Crippen LogP contribution in [0, 0.1) is 13.8 Å². The Hall–Kier alpha value is -3.97. The van der Waals surface area contributed by atoms with Crippen LogP contribution in [-0.2, 0) is 30.0 Å².